The largest absolute Gasteiger partial charge is 0.500 e. The van der Waals surface area contributed by atoms with Gasteiger partial charge in [0.1, 0.15) is 6.21 Å². The van der Waals surface area contributed by atoms with E-state index in [1.165, 1.54) is 14.1 Å². The third kappa shape index (κ3) is 2.87. The Hall–Kier alpha value is -2.22. The molecule has 3 amide bonds. The minimum atomic E-state index is -4.00. The van der Waals surface area contributed by atoms with Gasteiger partial charge in [-0.05, 0) is 37.1 Å². The van der Waals surface area contributed by atoms with Gasteiger partial charge in [-0.2, -0.15) is 9.69 Å². The summed E-state index contributed by atoms with van der Waals surface area (Å²) in [5.41, 5.74) is 2.35. The van der Waals surface area contributed by atoms with Crippen LogP contribution in [0.15, 0.2) is 18.2 Å². The summed E-state index contributed by atoms with van der Waals surface area (Å²) >= 11 is 0. The van der Waals surface area contributed by atoms with Crippen molar-refractivity contribution in [2.24, 2.45) is 0 Å². The van der Waals surface area contributed by atoms with E-state index in [0.717, 1.165) is 26.8 Å². The fourth-order valence-electron chi connectivity index (χ4n) is 2.10. The fourth-order valence-corrected chi connectivity index (χ4v) is 3.45. The van der Waals surface area contributed by atoms with E-state index in [4.69, 9.17) is 0 Å². The molecule has 22 heavy (non-hydrogen) atoms. The van der Waals surface area contributed by atoms with Crippen LogP contribution in [0.5, 0.6) is 0 Å². The summed E-state index contributed by atoms with van der Waals surface area (Å²) in [4.78, 5) is 24.5. The summed E-state index contributed by atoms with van der Waals surface area (Å²) in [6, 6.07) is 4.55. The van der Waals surface area contributed by atoms with Crippen molar-refractivity contribution in [3.8, 4) is 0 Å². The van der Waals surface area contributed by atoms with Gasteiger partial charge >= 0.3 is 11.9 Å². The first-order chi connectivity index (χ1) is 10.1. The maximum atomic E-state index is 12.4. The van der Waals surface area contributed by atoms with Gasteiger partial charge in [-0.15, -0.1) is 0 Å². The van der Waals surface area contributed by atoms with Crippen LogP contribution in [0.1, 0.15) is 11.1 Å². The van der Waals surface area contributed by atoms with E-state index in [1.807, 2.05) is 13.8 Å². The molecule has 1 heterocycles. The highest BCUT2D eigenvalue weighted by molar-refractivity contribution is 7.94. The van der Waals surface area contributed by atoms with Crippen LogP contribution in [0.4, 0.5) is 10.5 Å². The summed E-state index contributed by atoms with van der Waals surface area (Å²) in [6.07, 6.45) is 1.11. The Morgan fingerprint density at radius 3 is 2.41 bits per heavy atom. The van der Waals surface area contributed by atoms with Gasteiger partial charge < -0.3 is 0 Å². The molecule has 1 aromatic carbocycles. The van der Waals surface area contributed by atoms with Crippen LogP contribution in [-0.4, -0.2) is 55.4 Å². The SMILES string of the molecule is Cc1ccc(NS(=O)(=O)C2C=[N+](C)C(=O)N(C)C2=O)cc1C. The van der Waals surface area contributed by atoms with E-state index in [1.54, 1.807) is 18.2 Å². The Kier molecular flexibility index (Phi) is 4.06. The van der Waals surface area contributed by atoms with Crippen molar-refractivity contribution >= 4 is 33.9 Å². The van der Waals surface area contributed by atoms with Gasteiger partial charge in [0.05, 0.1) is 14.1 Å². The molecule has 0 fully saturated rings. The second-order valence-corrected chi connectivity index (χ2v) is 7.11. The summed E-state index contributed by atoms with van der Waals surface area (Å²) in [6.45, 7) is 3.78. The summed E-state index contributed by atoms with van der Waals surface area (Å²) < 4.78 is 28.4. The molecule has 1 atom stereocenters. The lowest BCUT2D eigenvalue weighted by molar-refractivity contribution is -0.399. The number of hydrogen-bond donors (Lipinski definition) is 1. The van der Waals surface area contributed by atoms with Crippen LogP contribution in [0, 0.1) is 13.8 Å². The quantitative estimate of drug-likeness (QED) is 0.830. The zero-order valence-corrected chi connectivity index (χ0v) is 13.6. The maximum absolute atomic E-state index is 12.4. The van der Waals surface area contributed by atoms with Crippen molar-refractivity contribution in [2.75, 3.05) is 18.8 Å². The molecule has 0 aromatic heterocycles. The number of urea groups is 1. The van der Waals surface area contributed by atoms with E-state index >= 15 is 0 Å². The molecule has 1 unspecified atom stereocenters. The molecule has 0 spiro atoms. The molecular weight excluding hydrogens is 306 g/mol. The lowest BCUT2D eigenvalue weighted by Crippen LogP contribution is -2.54. The van der Waals surface area contributed by atoms with Crippen molar-refractivity contribution in [3.05, 3.63) is 29.3 Å². The molecule has 1 aliphatic rings. The number of aryl methyl sites for hydroxylation is 2. The number of amides is 3. The Morgan fingerprint density at radius 1 is 1.18 bits per heavy atom. The van der Waals surface area contributed by atoms with Crippen molar-refractivity contribution in [1.82, 2.24) is 4.90 Å². The number of nitrogens with one attached hydrogen (secondary N) is 1. The number of hydrogen-bond acceptors (Lipinski definition) is 4. The summed E-state index contributed by atoms with van der Waals surface area (Å²) in [5, 5.41) is -1.44. The minimum Gasteiger partial charge on any atom is -0.282 e. The zero-order chi connectivity index (χ0) is 16.7. The maximum Gasteiger partial charge on any atom is 0.500 e. The van der Waals surface area contributed by atoms with E-state index in [9.17, 15) is 18.0 Å². The van der Waals surface area contributed by atoms with Gasteiger partial charge in [0.15, 0.2) is 0 Å². The Labute approximate surface area is 129 Å². The van der Waals surface area contributed by atoms with E-state index in [2.05, 4.69) is 4.72 Å². The van der Waals surface area contributed by atoms with Gasteiger partial charge in [-0.25, -0.2) is 17.8 Å². The number of imide groups is 1. The molecule has 0 radical (unpaired) electrons. The average molecular weight is 324 g/mol. The third-order valence-electron chi connectivity index (χ3n) is 3.62. The van der Waals surface area contributed by atoms with E-state index in [0.29, 0.717) is 5.69 Å². The first-order valence-electron chi connectivity index (χ1n) is 6.61. The number of anilines is 1. The van der Waals surface area contributed by atoms with Gasteiger partial charge in [-0.1, -0.05) is 6.07 Å². The molecule has 0 saturated carbocycles. The number of carbonyl (C=O) groups excluding carboxylic acids is 2. The first-order valence-corrected chi connectivity index (χ1v) is 8.16. The van der Waals surface area contributed by atoms with Crippen molar-refractivity contribution in [2.45, 2.75) is 19.1 Å². The number of benzene rings is 1. The zero-order valence-electron chi connectivity index (χ0n) is 12.8. The smallest absolute Gasteiger partial charge is 0.282 e. The number of sulfonamides is 1. The van der Waals surface area contributed by atoms with E-state index in [-0.39, 0.29) is 0 Å². The second-order valence-electron chi connectivity index (χ2n) is 5.31. The van der Waals surface area contributed by atoms with Crippen LogP contribution in [0.2, 0.25) is 0 Å². The van der Waals surface area contributed by atoms with Crippen molar-refractivity contribution in [1.29, 1.82) is 0 Å². The number of carbonyl (C=O) groups is 2. The molecule has 7 nitrogen and oxygen atoms in total. The molecule has 0 aliphatic carbocycles. The van der Waals surface area contributed by atoms with Crippen LogP contribution < -0.4 is 4.72 Å². The molecule has 118 valence electrons. The molecule has 2 rings (SSSR count). The molecular formula is C14H18N3O4S+. The highest BCUT2D eigenvalue weighted by Gasteiger charge is 2.46. The Morgan fingerprint density at radius 2 is 1.82 bits per heavy atom. The lowest BCUT2D eigenvalue weighted by Gasteiger charge is -2.20. The van der Waals surface area contributed by atoms with Gasteiger partial charge in [0, 0.05) is 5.69 Å². The molecule has 0 saturated heterocycles. The van der Waals surface area contributed by atoms with Crippen LogP contribution in [0.25, 0.3) is 0 Å². The summed E-state index contributed by atoms with van der Waals surface area (Å²) in [5.74, 6) is -0.778. The van der Waals surface area contributed by atoms with E-state index < -0.39 is 27.2 Å². The highest BCUT2D eigenvalue weighted by atomic mass is 32.2. The predicted octanol–water partition coefficient (Wildman–Crippen LogP) is 0.719. The second kappa shape index (κ2) is 5.53. The number of nitrogens with zero attached hydrogens (tertiary/aromatic N) is 2. The predicted molar refractivity (Wildman–Crippen MR) is 82.7 cm³/mol. The average Bonchev–Trinajstić information content (AvgIpc) is 2.44. The summed E-state index contributed by atoms with van der Waals surface area (Å²) in [7, 11) is -1.33. The Bertz CT molecular complexity index is 783. The third-order valence-corrected chi connectivity index (χ3v) is 5.14. The molecule has 1 N–H and O–H groups in total. The molecule has 0 bridgehead atoms. The monoisotopic (exact) mass is 324 g/mol. The van der Waals surface area contributed by atoms with Crippen LogP contribution in [-0.2, 0) is 14.8 Å². The van der Waals surface area contributed by atoms with Gasteiger partial charge in [0.2, 0.25) is 5.25 Å². The lowest BCUT2D eigenvalue weighted by atomic mass is 10.1. The fraction of sp³-hybridized carbons (Fsp3) is 0.357. The Balaban J connectivity index is 2.36. The molecule has 1 aliphatic heterocycles. The minimum absolute atomic E-state index is 0.381. The standard InChI is InChI=1S/C14H18N3O4S/c1-9-5-6-11(7-10(9)2)15-22(20,21)12-8-16(3)14(19)17(4)13(12)18/h5-8,12,15H,1-4H3/q+1. The topological polar surface area (TPSA) is 86.6 Å². The van der Waals surface area contributed by atoms with Gasteiger partial charge in [0.25, 0.3) is 10.0 Å². The number of rotatable bonds is 3. The van der Waals surface area contributed by atoms with Crippen molar-refractivity contribution in [3.63, 3.8) is 0 Å². The molecule has 8 heteroatoms. The highest BCUT2D eigenvalue weighted by Crippen LogP contribution is 2.18. The van der Waals surface area contributed by atoms with Crippen LogP contribution in [0.3, 0.4) is 0 Å². The van der Waals surface area contributed by atoms with Gasteiger partial charge in [-0.3, -0.25) is 4.72 Å². The normalized spacial score (nSPS) is 19.2. The first kappa shape index (κ1) is 16.2. The van der Waals surface area contributed by atoms with Crippen molar-refractivity contribution < 1.29 is 22.6 Å². The molecule has 1 aromatic rings. The van der Waals surface area contributed by atoms with Crippen LogP contribution >= 0.6 is 0 Å².